The first-order valence-corrected chi connectivity index (χ1v) is 4.38. The lowest BCUT2D eigenvalue weighted by Gasteiger charge is -2.34. The second kappa shape index (κ2) is 3.76. The summed E-state index contributed by atoms with van der Waals surface area (Å²) in [7, 11) is 0. The molecule has 1 saturated heterocycles. The van der Waals surface area contributed by atoms with Crippen molar-refractivity contribution in [1.82, 2.24) is 5.32 Å². The number of carboxylic acids is 1. The molecule has 0 unspecified atom stereocenters. The lowest BCUT2D eigenvalue weighted by molar-refractivity contribution is -0.170. The second-order valence-corrected chi connectivity index (χ2v) is 3.57. The van der Waals surface area contributed by atoms with E-state index in [9.17, 15) is 18.0 Å². The van der Waals surface area contributed by atoms with Gasteiger partial charge in [0.05, 0.1) is 5.92 Å². The maximum absolute atomic E-state index is 12.2. The van der Waals surface area contributed by atoms with Gasteiger partial charge in [0.15, 0.2) is 0 Å². The number of aliphatic carboxylic acids is 1. The summed E-state index contributed by atoms with van der Waals surface area (Å²) in [4.78, 5) is 10.6. The van der Waals surface area contributed by atoms with E-state index in [1.807, 2.05) is 0 Å². The van der Waals surface area contributed by atoms with Gasteiger partial charge in [-0.25, -0.2) is 0 Å². The number of hydrogen-bond acceptors (Lipinski definition) is 2. The summed E-state index contributed by atoms with van der Waals surface area (Å²) in [6.45, 7) is 1.47. The molecule has 0 aromatic rings. The molecule has 0 saturated carbocycles. The van der Waals surface area contributed by atoms with Crippen molar-refractivity contribution in [3.8, 4) is 0 Å². The Balaban J connectivity index is 2.60. The topological polar surface area (TPSA) is 49.3 Å². The van der Waals surface area contributed by atoms with Crippen molar-refractivity contribution in [2.45, 2.75) is 38.0 Å². The number of piperidine rings is 1. The molecule has 0 radical (unpaired) electrons. The van der Waals surface area contributed by atoms with E-state index in [0.29, 0.717) is 0 Å². The molecule has 0 aromatic carbocycles. The average molecular weight is 211 g/mol. The zero-order chi connectivity index (χ0) is 10.9. The number of carbonyl (C=O) groups is 1. The van der Waals surface area contributed by atoms with Gasteiger partial charge in [-0.05, 0) is 19.8 Å². The van der Waals surface area contributed by atoms with Gasteiger partial charge in [-0.15, -0.1) is 0 Å². The number of halogens is 3. The highest BCUT2D eigenvalue weighted by Gasteiger charge is 2.44. The third kappa shape index (κ3) is 2.37. The number of carboxylic acid groups (broad SMARTS) is 1. The minimum absolute atomic E-state index is 0.0771. The zero-order valence-electron chi connectivity index (χ0n) is 7.64. The van der Waals surface area contributed by atoms with E-state index in [4.69, 9.17) is 5.11 Å². The van der Waals surface area contributed by atoms with Gasteiger partial charge in [0.25, 0.3) is 0 Å². The predicted octanol–water partition coefficient (Wildman–Crippen LogP) is 1.39. The fraction of sp³-hybridized carbons (Fsp3) is 0.875. The van der Waals surface area contributed by atoms with Crippen molar-refractivity contribution in [2.75, 3.05) is 0 Å². The van der Waals surface area contributed by atoms with Crippen LogP contribution in [0.5, 0.6) is 0 Å². The normalized spacial score (nSPS) is 34.1. The van der Waals surface area contributed by atoms with E-state index in [0.717, 1.165) is 0 Å². The first-order chi connectivity index (χ1) is 6.32. The van der Waals surface area contributed by atoms with Crippen molar-refractivity contribution in [1.29, 1.82) is 0 Å². The number of nitrogens with one attached hydrogen (secondary N) is 1. The van der Waals surface area contributed by atoms with Gasteiger partial charge in [-0.2, -0.15) is 13.2 Å². The Bertz CT molecular complexity index is 229. The standard InChI is InChI=1S/C8H12F3NO2/c1-4-5(7(13)14)2-3-6(12-4)8(9,10)11/h4-6,12H,2-3H2,1H3,(H,13,14)/t4-,5+,6+/m0/s1. The molecule has 3 nitrogen and oxygen atoms in total. The minimum Gasteiger partial charge on any atom is -0.481 e. The molecule has 1 aliphatic rings. The lowest BCUT2D eigenvalue weighted by Crippen LogP contribution is -2.54. The molecule has 0 amide bonds. The molecular formula is C8H12F3NO2. The van der Waals surface area contributed by atoms with E-state index >= 15 is 0 Å². The summed E-state index contributed by atoms with van der Waals surface area (Å²) < 4.78 is 36.7. The highest BCUT2D eigenvalue weighted by atomic mass is 19.4. The van der Waals surface area contributed by atoms with Gasteiger partial charge in [0, 0.05) is 6.04 Å². The summed E-state index contributed by atoms with van der Waals surface area (Å²) in [5.41, 5.74) is 0. The Morgan fingerprint density at radius 1 is 1.43 bits per heavy atom. The Morgan fingerprint density at radius 3 is 2.36 bits per heavy atom. The van der Waals surface area contributed by atoms with Crippen LogP contribution in [-0.2, 0) is 4.79 Å². The average Bonchev–Trinajstić information content (AvgIpc) is 2.01. The van der Waals surface area contributed by atoms with Gasteiger partial charge >= 0.3 is 12.1 Å². The highest BCUT2D eigenvalue weighted by molar-refractivity contribution is 5.71. The number of rotatable bonds is 1. The van der Waals surface area contributed by atoms with Crippen LogP contribution in [0.15, 0.2) is 0 Å². The summed E-state index contributed by atoms with van der Waals surface area (Å²) in [5.74, 6) is -1.75. The molecule has 1 rings (SSSR count). The molecule has 0 aromatic heterocycles. The molecule has 0 bridgehead atoms. The van der Waals surface area contributed by atoms with E-state index in [-0.39, 0.29) is 12.8 Å². The second-order valence-electron chi connectivity index (χ2n) is 3.57. The summed E-state index contributed by atoms with van der Waals surface area (Å²) in [6, 6.07) is -2.19. The summed E-state index contributed by atoms with van der Waals surface area (Å²) in [6.07, 6.45) is -4.36. The van der Waals surface area contributed by atoms with Crippen molar-refractivity contribution in [2.24, 2.45) is 5.92 Å². The first kappa shape index (κ1) is 11.3. The lowest BCUT2D eigenvalue weighted by atomic mass is 9.88. The smallest absolute Gasteiger partial charge is 0.403 e. The summed E-state index contributed by atoms with van der Waals surface area (Å²) in [5, 5.41) is 11.0. The van der Waals surface area contributed by atoms with Crippen LogP contribution in [0.1, 0.15) is 19.8 Å². The molecule has 1 fully saturated rings. The van der Waals surface area contributed by atoms with Crippen LogP contribution in [0.25, 0.3) is 0 Å². The third-order valence-electron chi connectivity index (χ3n) is 2.55. The largest absolute Gasteiger partial charge is 0.481 e. The SMILES string of the molecule is C[C@@H]1N[C@@H](C(F)(F)F)CC[C@H]1C(=O)O. The van der Waals surface area contributed by atoms with Crippen LogP contribution in [0.4, 0.5) is 13.2 Å². The molecular weight excluding hydrogens is 199 g/mol. The van der Waals surface area contributed by atoms with E-state index in [1.54, 1.807) is 0 Å². The highest BCUT2D eigenvalue weighted by Crippen LogP contribution is 2.30. The molecule has 6 heteroatoms. The minimum atomic E-state index is -4.28. The fourth-order valence-electron chi connectivity index (χ4n) is 1.71. The zero-order valence-corrected chi connectivity index (χ0v) is 7.64. The van der Waals surface area contributed by atoms with E-state index < -0.39 is 30.1 Å². The van der Waals surface area contributed by atoms with Gasteiger partial charge in [0.1, 0.15) is 6.04 Å². The first-order valence-electron chi connectivity index (χ1n) is 4.38. The van der Waals surface area contributed by atoms with Crippen LogP contribution >= 0.6 is 0 Å². The molecule has 0 spiro atoms. The van der Waals surface area contributed by atoms with Crippen molar-refractivity contribution in [3.63, 3.8) is 0 Å². The third-order valence-corrected chi connectivity index (χ3v) is 2.55. The maximum Gasteiger partial charge on any atom is 0.403 e. The van der Waals surface area contributed by atoms with Crippen LogP contribution in [0, 0.1) is 5.92 Å². The van der Waals surface area contributed by atoms with Gasteiger partial charge in [0.2, 0.25) is 0 Å². The van der Waals surface area contributed by atoms with Crippen molar-refractivity contribution in [3.05, 3.63) is 0 Å². The molecule has 1 aliphatic heterocycles. The van der Waals surface area contributed by atoms with Crippen LogP contribution in [-0.4, -0.2) is 29.3 Å². The summed E-state index contributed by atoms with van der Waals surface area (Å²) >= 11 is 0. The van der Waals surface area contributed by atoms with E-state index in [2.05, 4.69) is 5.32 Å². The predicted molar refractivity (Wildman–Crippen MR) is 42.8 cm³/mol. The Kier molecular flexibility index (Phi) is 3.04. The molecule has 1 heterocycles. The van der Waals surface area contributed by atoms with Gasteiger partial charge < -0.3 is 10.4 Å². The van der Waals surface area contributed by atoms with Crippen LogP contribution in [0.3, 0.4) is 0 Å². The van der Waals surface area contributed by atoms with Crippen molar-refractivity contribution < 1.29 is 23.1 Å². The number of alkyl halides is 3. The monoisotopic (exact) mass is 211 g/mol. The number of hydrogen-bond donors (Lipinski definition) is 2. The van der Waals surface area contributed by atoms with Crippen LogP contribution in [0.2, 0.25) is 0 Å². The molecule has 14 heavy (non-hydrogen) atoms. The van der Waals surface area contributed by atoms with Crippen LogP contribution < -0.4 is 5.32 Å². The molecule has 0 aliphatic carbocycles. The Morgan fingerprint density at radius 2 is 2.00 bits per heavy atom. The maximum atomic E-state index is 12.2. The quantitative estimate of drug-likeness (QED) is 0.689. The Hall–Kier alpha value is -0.780. The van der Waals surface area contributed by atoms with Crippen molar-refractivity contribution >= 4 is 5.97 Å². The van der Waals surface area contributed by atoms with E-state index in [1.165, 1.54) is 6.92 Å². The van der Waals surface area contributed by atoms with Gasteiger partial charge in [-0.1, -0.05) is 0 Å². The van der Waals surface area contributed by atoms with Gasteiger partial charge in [-0.3, -0.25) is 4.79 Å². The molecule has 2 N–H and O–H groups in total. The molecule has 82 valence electrons. The Labute approximate surface area is 79.3 Å². The fourth-order valence-corrected chi connectivity index (χ4v) is 1.71. The molecule has 3 atom stereocenters.